The number of rotatable bonds is 1. The first kappa shape index (κ1) is 12.9. The SMILES string of the molecule is COC(=O)[C@H]1C[C@@H]2Cc3c[nH]c4cccc(c34)[C@@H]2N(C)C1. The maximum absolute atomic E-state index is 11.9. The van der Waals surface area contributed by atoms with Crippen LogP contribution in [0, 0.1) is 11.8 Å². The van der Waals surface area contributed by atoms with Gasteiger partial charge in [-0.1, -0.05) is 12.1 Å². The van der Waals surface area contributed by atoms with Gasteiger partial charge in [0.1, 0.15) is 0 Å². The Bertz CT molecular complexity index is 706. The zero-order valence-corrected chi connectivity index (χ0v) is 12.4. The number of hydrogen-bond acceptors (Lipinski definition) is 3. The molecule has 4 nitrogen and oxygen atoms in total. The first-order valence-electron chi connectivity index (χ1n) is 7.56. The standard InChI is InChI=1S/C17H20N2O2/c1-19-9-12(17(20)21-2)7-10-6-11-8-18-14-5-3-4-13(15(11)14)16(10)19/h3-5,8,10,12,16,18H,6-7,9H2,1-2H3/t10-,12-,16+/m0/s1. The van der Waals surface area contributed by atoms with E-state index >= 15 is 0 Å². The Hall–Kier alpha value is -1.81. The summed E-state index contributed by atoms with van der Waals surface area (Å²) in [6.07, 6.45) is 4.09. The second-order valence-corrected chi connectivity index (χ2v) is 6.39. The molecule has 2 aliphatic rings. The normalized spacial score (nSPS) is 28.4. The molecule has 4 rings (SSSR count). The van der Waals surface area contributed by atoms with Gasteiger partial charge in [0.2, 0.25) is 0 Å². The lowest BCUT2D eigenvalue weighted by molar-refractivity contribution is -0.149. The van der Waals surface area contributed by atoms with Gasteiger partial charge in [0.15, 0.2) is 0 Å². The maximum atomic E-state index is 11.9. The molecule has 0 unspecified atom stereocenters. The molecule has 3 atom stereocenters. The molecule has 1 aromatic heterocycles. The molecule has 110 valence electrons. The number of H-pyrrole nitrogens is 1. The van der Waals surface area contributed by atoms with Crippen LogP contribution >= 0.6 is 0 Å². The van der Waals surface area contributed by atoms with Crippen LogP contribution in [0.15, 0.2) is 24.4 Å². The fraction of sp³-hybridized carbons (Fsp3) is 0.471. The predicted octanol–water partition coefficient (Wildman–Crippen LogP) is 2.51. The number of aromatic amines is 1. The lowest BCUT2D eigenvalue weighted by Crippen LogP contribution is -2.45. The number of carbonyl (C=O) groups is 1. The highest BCUT2D eigenvalue weighted by Gasteiger charge is 2.41. The van der Waals surface area contributed by atoms with Crippen LogP contribution in [0.2, 0.25) is 0 Å². The summed E-state index contributed by atoms with van der Waals surface area (Å²) in [4.78, 5) is 17.6. The van der Waals surface area contributed by atoms with Gasteiger partial charge in [0.05, 0.1) is 13.0 Å². The highest BCUT2D eigenvalue weighted by molar-refractivity contribution is 5.88. The molecule has 1 aliphatic carbocycles. The Morgan fingerprint density at radius 1 is 1.43 bits per heavy atom. The Balaban J connectivity index is 1.76. The Labute approximate surface area is 124 Å². The zero-order valence-electron chi connectivity index (χ0n) is 12.4. The molecule has 4 heteroatoms. The van der Waals surface area contributed by atoms with E-state index < -0.39 is 0 Å². The number of fused-ring (bicyclic) bond motifs is 2. The molecule has 1 aromatic carbocycles. The van der Waals surface area contributed by atoms with Crippen molar-refractivity contribution in [1.29, 1.82) is 0 Å². The summed E-state index contributed by atoms with van der Waals surface area (Å²) in [6, 6.07) is 6.92. The van der Waals surface area contributed by atoms with Crippen LogP contribution in [-0.4, -0.2) is 36.6 Å². The second-order valence-electron chi connectivity index (χ2n) is 6.39. The average Bonchev–Trinajstić information content (AvgIpc) is 2.90. The number of hydrogen-bond donors (Lipinski definition) is 1. The van der Waals surface area contributed by atoms with Gasteiger partial charge >= 0.3 is 5.97 Å². The highest BCUT2D eigenvalue weighted by atomic mass is 16.5. The van der Waals surface area contributed by atoms with Gasteiger partial charge in [-0.15, -0.1) is 0 Å². The summed E-state index contributed by atoms with van der Waals surface area (Å²) in [6.45, 7) is 0.782. The summed E-state index contributed by atoms with van der Waals surface area (Å²) in [5, 5.41) is 1.39. The number of nitrogens with zero attached hydrogens (tertiary/aromatic N) is 1. The number of benzene rings is 1. The summed E-state index contributed by atoms with van der Waals surface area (Å²) < 4.78 is 4.96. The van der Waals surface area contributed by atoms with Gasteiger partial charge in [0, 0.05) is 29.7 Å². The summed E-state index contributed by atoms with van der Waals surface area (Å²) >= 11 is 0. The molecule has 2 aromatic rings. The van der Waals surface area contributed by atoms with Gasteiger partial charge in [0.25, 0.3) is 0 Å². The molecule has 0 saturated carbocycles. The van der Waals surface area contributed by atoms with Crippen LogP contribution in [-0.2, 0) is 16.0 Å². The molecule has 1 N–H and O–H groups in total. The van der Waals surface area contributed by atoms with E-state index in [-0.39, 0.29) is 11.9 Å². The van der Waals surface area contributed by atoms with Crippen molar-refractivity contribution in [1.82, 2.24) is 9.88 Å². The van der Waals surface area contributed by atoms with Gasteiger partial charge in [-0.3, -0.25) is 9.69 Å². The van der Waals surface area contributed by atoms with E-state index in [0.717, 1.165) is 19.4 Å². The predicted molar refractivity (Wildman–Crippen MR) is 81.0 cm³/mol. The molecule has 0 amide bonds. The van der Waals surface area contributed by atoms with Gasteiger partial charge in [-0.2, -0.15) is 0 Å². The van der Waals surface area contributed by atoms with E-state index in [1.54, 1.807) is 0 Å². The summed E-state index contributed by atoms with van der Waals surface area (Å²) in [5.41, 5.74) is 4.02. The van der Waals surface area contributed by atoms with Crippen molar-refractivity contribution in [2.75, 3.05) is 20.7 Å². The van der Waals surface area contributed by atoms with Crippen LogP contribution in [0.1, 0.15) is 23.6 Å². The molecule has 1 aliphatic heterocycles. The van der Waals surface area contributed by atoms with Crippen LogP contribution in [0.4, 0.5) is 0 Å². The largest absolute Gasteiger partial charge is 0.469 e. The van der Waals surface area contributed by atoms with Crippen LogP contribution in [0.5, 0.6) is 0 Å². The van der Waals surface area contributed by atoms with Gasteiger partial charge < -0.3 is 9.72 Å². The minimum atomic E-state index is -0.0709. The molecular formula is C17H20N2O2. The number of methoxy groups -OCH3 is 1. The summed E-state index contributed by atoms with van der Waals surface area (Å²) in [7, 11) is 3.61. The number of likely N-dealkylation sites (tertiary alicyclic amines) is 1. The van der Waals surface area contributed by atoms with E-state index in [1.807, 2.05) is 0 Å². The smallest absolute Gasteiger partial charge is 0.309 e. The highest BCUT2D eigenvalue weighted by Crippen LogP contribution is 2.46. The first-order chi connectivity index (χ1) is 10.2. The molecule has 0 radical (unpaired) electrons. The lowest BCUT2D eigenvalue weighted by atomic mass is 9.73. The third-order valence-electron chi connectivity index (χ3n) is 5.17. The topological polar surface area (TPSA) is 45.3 Å². The Morgan fingerprint density at radius 2 is 2.29 bits per heavy atom. The van der Waals surface area contributed by atoms with Crippen molar-refractivity contribution in [2.45, 2.75) is 18.9 Å². The maximum Gasteiger partial charge on any atom is 0.309 e. The van der Waals surface area contributed by atoms with Crippen molar-refractivity contribution < 1.29 is 9.53 Å². The van der Waals surface area contributed by atoms with Crippen LogP contribution in [0.25, 0.3) is 10.9 Å². The fourth-order valence-electron chi connectivity index (χ4n) is 4.39. The average molecular weight is 284 g/mol. The van der Waals surface area contributed by atoms with E-state index in [4.69, 9.17) is 4.74 Å². The molecular weight excluding hydrogens is 264 g/mol. The van der Waals surface area contributed by atoms with E-state index in [0.29, 0.717) is 12.0 Å². The number of carbonyl (C=O) groups excluding carboxylic acids is 1. The minimum absolute atomic E-state index is 0.000875. The number of aromatic nitrogens is 1. The molecule has 21 heavy (non-hydrogen) atoms. The molecule has 2 heterocycles. The van der Waals surface area contributed by atoms with E-state index in [9.17, 15) is 4.79 Å². The Morgan fingerprint density at radius 3 is 3.10 bits per heavy atom. The van der Waals surface area contributed by atoms with Crippen LogP contribution in [0.3, 0.4) is 0 Å². The number of esters is 1. The molecule has 1 saturated heterocycles. The second kappa shape index (κ2) is 4.60. The number of piperidine rings is 1. The fourth-order valence-corrected chi connectivity index (χ4v) is 4.39. The minimum Gasteiger partial charge on any atom is -0.469 e. The molecule has 0 spiro atoms. The van der Waals surface area contributed by atoms with E-state index in [2.05, 4.69) is 41.3 Å². The van der Waals surface area contributed by atoms with Crippen molar-refractivity contribution in [3.05, 3.63) is 35.5 Å². The van der Waals surface area contributed by atoms with Crippen molar-refractivity contribution >= 4 is 16.9 Å². The number of nitrogens with one attached hydrogen (secondary N) is 1. The molecule has 1 fully saturated rings. The Kier molecular flexibility index (Phi) is 2.82. The third kappa shape index (κ3) is 1.82. The van der Waals surface area contributed by atoms with Gasteiger partial charge in [-0.25, -0.2) is 0 Å². The summed E-state index contributed by atoms with van der Waals surface area (Å²) in [5.74, 6) is 0.418. The van der Waals surface area contributed by atoms with Crippen molar-refractivity contribution in [2.24, 2.45) is 11.8 Å². The quantitative estimate of drug-likeness (QED) is 0.818. The molecule has 0 bridgehead atoms. The van der Waals surface area contributed by atoms with E-state index in [1.165, 1.54) is 29.1 Å². The van der Waals surface area contributed by atoms with Crippen molar-refractivity contribution in [3.8, 4) is 0 Å². The first-order valence-corrected chi connectivity index (χ1v) is 7.56. The lowest BCUT2D eigenvalue weighted by Gasteiger charge is -2.44. The van der Waals surface area contributed by atoms with Crippen LogP contribution < -0.4 is 0 Å². The monoisotopic (exact) mass is 284 g/mol. The third-order valence-corrected chi connectivity index (χ3v) is 5.17. The number of ether oxygens (including phenoxy) is 1. The zero-order chi connectivity index (χ0) is 14.6. The van der Waals surface area contributed by atoms with Gasteiger partial charge in [-0.05, 0) is 43.0 Å². The van der Waals surface area contributed by atoms with Crippen molar-refractivity contribution in [3.63, 3.8) is 0 Å².